The van der Waals surface area contributed by atoms with E-state index in [0.717, 1.165) is 35.8 Å². The molecule has 0 aliphatic carbocycles. The number of nitrogens with zero attached hydrogens (tertiary/aromatic N) is 5. The number of rotatable bonds is 1. The highest BCUT2D eigenvalue weighted by Crippen LogP contribution is 2.29. The van der Waals surface area contributed by atoms with Crippen molar-refractivity contribution in [2.75, 3.05) is 29.5 Å². The third kappa shape index (κ3) is 4.52. The number of anilines is 3. The number of aromatic nitrogens is 4. The fraction of sp³-hybridized carbons (Fsp3) is 0.421. The molecule has 0 spiro atoms. The molecule has 29 heavy (non-hydrogen) atoms. The number of alkyl halides is 3. The van der Waals surface area contributed by atoms with Gasteiger partial charge in [-0.3, -0.25) is 0 Å². The lowest BCUT2D eigenvalue weighted by Gasteiger charge is -2.27. The van der Waals surface area contributed by atoms with Gasteiger partial charge in [0.2, 0.25) is 11.9 Å². The summed E-state index contributed by atoms with van der Waals surface area (Å²) in [5, 5.41) is 0. The number of nitrogen functional groups attached to an aromatic ring is 2. The average Bonchev–Trinajstić information content (AvgIpc) is 3.03. The first kappa shape index (κ1) is 20.7. The van der Waals surface area contributed by atoms with Gasteiger partial charge >= 0.3 is 6.18 Å². The van der Waals surface area contributed by atoms with Crippen LogP contribution in [0.5, 0.6) is 0 Å². The molecule has 3 heterocycles. The largest absolute Gasteiger partial charge is 0.419 e. The molecule has 156 valence electrons. The van der Waals surface area contributed by atoms with Crippen molar-refractivity contribution in [3.8, 4) is 0 Å². The van der Waals surface area contributed by atoms with Crippen molar-refractivity contribution < 1.29 is 13.2 Å². The molecule has 3 aromatic rings. The van der Waals surface area contributed by atoms with Crippen LogP contribution in [0.4, 0.5) is 30.8 Å². The Labute approximate surface area is 166 Å². The van der Waals surface area contributed by atoms with E-state index in [0.29, 0.717) is 12.4 Å². The van der Waals surface area contributed by atoms with Gasteiger partial charge in [0.05, 0.1) is 16.6 Å². The molecule has 0 amide bonds. The molecule has 1 aliphatic rings. The molecule has 1 aromatic carbocycles. The van der Waals surface area contributed by atoms with Crippen molar-refractivity contribution >= 4 is 28.6 Å². The van der Waals surface area contributed by atoms with E-state index >= 15 is 0 Å². The summed E-state index contributed by atoms with van der Waals surface area (Å²) in [6.07, 6.45) is 0.763. The van der Waals surface area contributed by atoms with Gasteiger partial charge in [0.25, 0.3) is 0 Å². The zero-order valence-corrected chi connectivity index (χ0v) is 16.4. The third-order valence-electron chi connectivity index (χ3n) is 4.96. The van der Waals surface area contributed by atoms with Crippen LogP contribution in [0.15, 0.2) is 24.5 Å². The van der Waals surface area contributed by atoms with Crippen molar-refractivity contribution in [2.45, 2.75) is 32.4 Å². The Morgan fingerprint density at radius 1 is 1.00 bits per heavy atom. The summed E-state index contributed by atoms with van der Waals surface area (Å²) in [5.41, 5.74) is 14.2. The lowest BCUT2D eigenvalue weighted by Crippen LogP contribution is -2.31. The molecule has 4 N–H and O–H groups in total. The molecule has 0 atom stereocenters. The first-order valence-electron chi connectivity index (χ1n) is 9.29. The SMILES string of the molecule is Cc1c(N)ccc2c1nc(N1CCCCC1)n2C.Nc1ncc(C(F)(F)F)cn1. The lowest BCUT2D eigenvalue weighted by atomic mass is 10.1. The lowest BCUT2D eigenvalue weighted by molar-refractivity contribution is -0.138. The van der Waals surface area contributed by atoms with Crippen molar-refractivity contribution in [3.05, 3.63) is 35.7 Å². The van der Waals surface area contributed by atoms with Crippen molar-refractivity contribution in [3.63, 3.8) is 0 Å². The summed E-state index contributed by atoms with van der Waals surface area (Å²) in [4.78, 5) is 13.6. The Balaban J connectivity index is 0.000000188. The summed E-state index contributed by atoms with van der Waals surface area (Å²) in [6.45, 7) is 4.28. The summed E-state index contributed by atoms with van der Waals surface area (Å²) < 4.78 is 37.6. The molecule has 0 saturated carbocycles. The molecular formula is C19H24F3N7. The Morgan fingerprint density at radius 2 is 1.62 bits per heavy atom. The maximum Gasteiger partial charge on any atom is 0.419 e. The number of piperidine rings is 1. The van der Waals surface area contributed by atoms with E-state index in [1.807, 2.05) is 13.0 Å². The Hall–Kier alpha value is -3.04. The summed E-state index contributed by atoms with van der Waals surface area (Å²) in [5.74, 6) is 0.913. The van der Waals surface area contributed by atoms with Crippen LogP contribution >= 0.6 is 0 Å². The van der Waals surface area contributed by atoms with Crippen molar-refractivity contribution in [1.82, 2.24) is 19.5 Å². The normalized spacial score (nSPS) is 14.6. The topological polar surface area (TPSA) is 98.9 Å². The highest BCUT2D eigenvalue weighted by molar-refractivity contribution is 5.86. The van der Waals surface area contributed by atoms with Gasteiger partial charge < -0.3 is 20.9 Å². The molecule has 2 aromatic heterocycles. The molecule has 1 aliphatic heterocycles. The van der Waals surface area contributed by atoms with Crippen LogP contribution < -0.4 is 16.4 Å². The number of hydrogen-bond donors (Lipinski definition) is 2. The minimum absolute atomic E-state index is 0.169. The van der Waals surface area contributed by atoms with Crippen LogP contribution in [0.3, 0.4) is 0 Å². The Kier molecular flexibility index (Phi) is 5.81. The van der Waals surface area contributed by atoms with E-state index in [2.05, 4.69) is 32.5 Å². The number of hydrogen-bond acceptors (Lipinski definition) is 6. The van der Waals surface area contributed by atoms with E-state index in [4.69, 9.17) is 16.5 Å². The van der Waals surface area contributed by atoms with Crippen LogP contribution in [0.2, 0.25) is 0 Å². The average molecular weight is 407 g/mol. The molecular weight excluding hydrogens is 383 g/mol. The molecule has 1 fully saturated rings. The van der Waals surface area contributed by atoms with Crippen LogP contribution in [-0.4, -0.2) is 32.6 Å². The fourth-order valence-electron chi connectivity index (χ4n) is 3.26. The number of fused-ring (bicyclic) bond motifs is 1. The Bertz CT molecular complexity index is 974. The summed E-state index contributed by atoms with van der Waals surface area (Å²) in [7, 11) is 2.09. The fourth-order valence-corrected chi connectivity index (χ4v) is 3.26. The summed E-state index contributed by atoms with van der Waals surface area (Å²) in [6, 6.07) is 4.04. The van der Waals surface area contributed by atoms with Crippen LogP contribution in [0.1, 0.15) is 30.4 Å². The van der Waals surface area contributed by atoms with Gasteiger partial charge in [-0.2, -0.15) is 13.2 Å². The minimum Gasteiger partial charge on any atom is -0.398 e. The van der Waals surface area contributed by atoms with Gasteiger partial charge in [-0.25, -0.2) is 15.0 Å². The maximum atomic E-state index is 11.8. The predicted molar refractivity (Wildman–Crippen MR) is 107 cm³/mol. The molecule has 0 bridgehead atoms. The van der Waals surface area contributed by atoms with E-state index in [9.17, 15) is 13.2 Å². The molecule has 10 heteroatoms. The molecule has 0 unspecified atom stereocenters. The van der Waals surface area contributed by atoms with Crippen molar-refractivity contribution in [1.29, 1.82) is 0 Å². The first-order valence-corrected chi connectivity index (χ1v) is 9.29. The predicted octanol–water partition coefficient (Wildman–Crippen LogP) is 3.53. The smallest absolute Gasteiger partial charge is 0.398 e. The second-order valence-electron chi connectivity index (χ2n) is 6.99. The molecule has 0 radical (unpaired) electrons. The zero-order chi connectivity index (χ0) is 21.2. The zero-order valence-electron chi connectivity index (χ0n) is 16.4. The van der Waals surface area contributed by atoms with Gasteiger partial charge in [-0.15, -0.1) is 0 Å². The molecule has 1 saturated heterocycles. The van der Waals surface area contributed by atoms with Crippen LogP contribution in [0, 0.1) is 6.92 Å². The number of benzene rings is 1. The summed E-state index contributed by atoms with van der Waals surface area (Å²) >= 11 is 0. The number of nitrogens with two attached hydrogens (primary N) is 2. The number of imidazole rings is 1. The standard InChI is InChI=1S/C14H20N4.C5H4F3N3/c1-10-11(15)6-7-12-13(10)16-14(17(12)2)18-8-4-3-5-9-18;6-5(7,8)3-1-10-4(9)11-2-3/h6-7H,3-5,8-9,15H2,1-2H3;1-2H,(H2,9,10,11). The second-order valence-corrected chi connectivity index (χ2v) is 6.99. The maximum absolute atomic E-state index is 11.8. The van der Waals surface area contributed by atoms with Gasteiger partial charge in [0, 0.05) is 38.2 Å². The monoisotopic (exact) mass is 407 g/mol. The highest BCUT2D eigenvalue weighted by atomic mass is 19.4. The first-order chi connectivity index (χ1) is 13.7. The number of aryl methyl sites for hydroxylation is 2. The van der Waals surface area contributed by atoms with E-state index in [-0.39, 0.29) is 5.95 Å². The number of halogens is 3. The van der Waals surface area contributed by atoms with Gasteiger partial charge in [0.15, 0.2) is 0 Å². The van der Waals surface area contributed by atoms with Crippen LogP contribution in [-0.2, 0) is 13.2 Å². The Morgan fingerprint density at radius 3 is 2.21 bits per heavy atom. The highest BCUT2D eigenvalue weighted by Gasteiger charge is 2.31. The van der Waals surface area contributed by atoms with E-state index < -0.39 is 11.7 Å². The van der Waals surface area contributed by atoms with Gasteiger partial charge in [0.1, 0.15) is 0 Å². The second kappa shape index (κ2) is 8.14. The van der Waals surface area contributed by atoms with E-state index in [1.165, 1.54) is 24.8 Å². The quantitative estimate of drug-likeness (QED) is 0.599. The van der Waals surface area contributed by atoms with Crippen molar-refractivity contribution in [2.24, 2.45) is 7.05 Å². The van der Waals surface area contributed by atoms with E-state index in [1.54, 1.807) is 0 Å². The third-order valence-corrected chi connectivity index (χ3v) is 4.96. The van der Waals surface area contributed by atoms with Gasteiger partial charge in [-0.1, -0.05) is 0 Å². The molecule has 4 rings (SSSR count). The van der Waals surface area contributed by atoms with Crippen LogP contribution in [0.25, 0.3) is 11.0 Å². The van der Waals surface area contributed by atoms with Gasteiger partial charge in [-0.05, 0) is 43.9 Å². The molecule has 7 nitrogen and oxygen atoms in total. The minimum atomic E-state index is -4.40.